The highest BCUT2D eigenvalue weighted by molar-refractivity contribution is 9.10. The normalized spacial score (nSPS) is 11.6. The van der Waals surface area contributed by atoms with Crippen LogP contribution in [0.4, 0.5) is 10.1 Å². The Morgan fingerprint density at radius 2 is 2.11 bits per heavy atom. The second-order valence-corrected chi connectivity index (χ2v) is 6.13. The van der Waals surface area contributed by atoms with Crippen molar-refractivity contribution < 1.29 is 4.39 Å². The van der Waals surface area contributed by atoms with E-state index in [0.717, 1.165) is 5.69 Å². The van der Waals surface area contributed by atoms with Gasteiger partial charge in [-0.15, -0.1) is 5.10 Å². The smallest absolute Gasteiger partial charge is 0.147 e. The van der Waals surface area contributed by atoms with E-state index in [2.05, 4.69) is 31.6 Å². The highest BCUT2D eigenvalue weighted by Crippen LogP contribution is 2.25. The first-order chi connectivity index (χ1) is 8.88. The molecule has 0 fully saturated rings. The molecule has 1 heterocycles. The highest BCUT2D eigenvalue weighted by Gasteiger charge is 2.15. The Morgan fingerprint density at radius 3 is 2.68 bits per heavy atom. The van der Waals surface area contributed by atoms with Crippen LogP contribution in [0.5, 0.6) is 0 Å². The summed E-state index contributed by atoms with van der Waals surface area (Å²) in [4.78, 5) is 0. The molecule has 6 heteroatoms. The molecular weight excluding hydrogens is 311 g/mol. The van der Waals surface area contributed by atoms with Crippen LogP contribution in [0, 0.1) is 5.82 Å². The predicted molar refractivity (Wildman–Crippen MR) is 76.4 cm³/mol. The number of nitrogens with one attached hydrogen (secondary N) is 1. The number of para-hydroxylation sites is 1. The van der Waals surface area contributed by atoms with E-state index < -0.39 is 0 Å². The maximum absolute atomic E-state index is 13.6. The summed E-state index contributed by atoms with van der Waals surface area (Å²) in [6.45, 7) is 6.57. The minimum absolute atomic E-state index is 0.107. The van der Waals surface area contributed by atoms with Crippen molar-refractivity contribution in [1.82, 2.24) is 15.0 Å². The number of hydrogen-bond acceptors (Lipinski definition) is 3. The van der Waals surface area contributed by atoms with Gasteiger partial charge in [-0.1, -0.05) is 11.3 Å². The van der Waals surface area contributed by atoms with Gasteiger partial charge in [0.1, 0.15) is 11.5 Å². The van der Waals surface area contributed by atoms with E-state index in [1.807, 2.05) is 27.0 Å². The molecule has 0 spiro atoms. The van der Waals surface area contributed by atoms with E-state index in [4.69, 9.17) is 0 Å². The molecule has 0 atom stereocenters. The fourth-order valence-corrected chi connectivity index (χ4v) is 2.04. The third-order valence-corrected chi connectivity index (χ3v) is 3.30. The summed E-state index contributed by atoms with van der Waals surface area (Å²) in [5.41, 5.74) is 1.10. The van der Waals surface area contributed by atoms with E-state index >= 15 is 0 Å². The summed E-state index contributed by atoms with van der Waals surface area (Å²) in [6.07, 6.45) is 1.86. The van der Waals surface area contributed by atoms with Crippen molar-refractivity contribution in [3.8, 4) is 0 Å². The SMILES string of the molecule is CC(C)(C)n1cc(CNc2c(F)cccc2Br)nn1. The van der Waals surface area contributed by atoms with Crippen molar-refractivity contribution in [3.05, 3.63) is 40.4 Å². The van der Waals surface area contributed by atoms with Crippen molar-refractivity contribution in [2.24, 2.45) is 0 Å². The van der Waals surface area contributed by atoms with Crippen molar-refractivity contribution in [1.29, 1.82) is 0 Å². The van der Waals surface area contributed by atoms with Gasteiger partial charge in [0.15, 0.2) is 0 Å². The van der Waals surface area contributed by atoms with Crippen LogP contribution >= 0.6 is 15.9 Å². The molecule has 0 saturated heterocycles. The average Bonchev–Trinajstić information content (AvgIpc) is 2.77. The number of halogens is 2. The molecular formula is C13H16BrFN4. The van der Waals surface area contributed by atoms with Crippen LogP contribution in [-0.4, -0.2) is 15.0 Å². The van der Waals surface area contributed by atoms with Gasteiger partial charge in [0, 0.05) is 4.47 Å². The molecule has 19 heavy (non-hydrogen) atoms. The first-order valence-corrected chi connectivity index (χ1v) is 6.77. The molecule has 0 amide bonds. The number of rotatable bonds is 3. The lowest BCUT2D eigenvalue weighted by Crippen LogP contribution is -2.22. The lowest BCUT2D eigenvalue weighted by molar-refractivity contribution is 0.347. The van der Waals surface area contributed by atoms with E-state index in [-0.39, 0.29) is 11.4 Å². The number of hydrogen-bond donors (Lipinski definition) is 1. The first-order valence-electron chi connectivity index (χ1n) is 5.97. The first kappa shape index (κ1) is 14.0. The van der Waals surface area contributed by atoms with Crippen molar-refractivity contribution in [2.75, 3.05) is 5.32 Å². The Balaban J connectivity index is 2.09. The van der Waals surface area contributed by atoms with Crippen LogP contribution in [0.25, 0.3) is 0 Å². The van der Waals surface area contributed by atoms with Gasteiger partial charge in [-0.3, -0.25) is 0 Å². The minimum atomic E-state index is -0.294. The molecule has 1 aromatic carbocycles. The van der Waals surface area contributed by atoms with Gasteiger partial charge in [0.2, 0.25) is 0 Å². The molecule has 0 aliphatic carbocycles. The summed E-state index contributed by atoms with van der Waals surface area (Å²) in [6, 6.07) is 4.86. The third-order valence-electron chi connectivity index (χ3n) is 2.64. The largest absolute Gasteiger partial charge is 0.376 e. The summed E-state index contributed by atoms with van der Waals surface area (Å²) in [5.74, 6) is -0.294. The number of aromatic nitrogens is 3. The number of benzene rings is 1. The second kappa shape index (κ2) is 5.28. The van der Waals surface area contributed by atoms with Gasteiger partial charge < -0.3 is 5.32 Å². The van der Waals surface area contributed by atoms with Crippen molar-refractivity contribution in [2.45, 2.75) is 32.9 Å². The molecule has 2 rings (SSSR count). The fourth-order valence-electron chi connectivity index (χ4n) is 1.55. The van der Waals surface area contributed by atoms with Crippen molar-refractivity contribution in [3.63, 3.8) is 0 Å². The predicted octanol–water partition coefficient (Wildman–Crippen LogP) is 3.55. The molecule has 1 aromatic heterocycles. The van der Waals surface area contributed by atoms with E-state index in [1.165, 1.54) is 6.07 Å². The van der Waals surface area contributed by atoms with Crippen molar-refractivity contribution >= 4 is 21.6 Å². The number of anilines is 1. The lowest BCUT2D eigenvalue weighted by Gasteiger charge is -2.17. The number of nitrogens with zero attached hydrogens (tertiary/aromatic N) is 3. The van der Waals surface area contributed by atoms with Crippen LogP contribution in [0.15, 0.2) is 28.9 Å². The lowest BCUT2D eigenvalue weighted by atomic mass is 10.1. The molecule has 0 unspecified atom stereocenters. The third kappa shape index (κ3) is 3.32. The molecule has 0 saturated carbocycles. The minimum Gasteiger partial charge on any atom is -0.376 e. The monoisotopic (exact) mass is 326 g/mol. The van der Waals surface area contributed by atoms with Crippen LogP contribution in [-0.2, 0) is 12.1 Å². The summed E-state index contributed by atoms with van der Waals surface area (Å²) >= 11 is 3.31. The van der Waals surface area contributed by atoms with Crippen LogP contribution in [0.1, 0.15) is 26.5 Å². The van der Waals surface area contributed by atoms with Gasteiger partial charge in [-0.25, -0.2) is 9.07 Å². The Labute approximate surface area is 120 Å². The molecule has 0 aliphatic heterocycles. The quantitative estimate of drug-likeness (QED) is 0.937. The second-order valence-electron chi connectivity index (χ2n) is 5.28. The Hall–Kier alpha value is -1.43. The fraction of sp³-hybridized carbons (Fsp3) is 0.385. The Bertz CT molecular complexity index is 554. The Morgan fingerprint density at radius 1 is 1.37 bits per heavy atom. The molecule has 102 valence electrons. The van der Waals surface area contributed by atoms with Gasteiger partial charge >= 0.3 is 0 Å². The standard InChI is InChI=1S/C13H16BrFN4/c1-13(2,3)19-8-9(17-18-19)7-16-12-10(14)5-4-6-11(12)15/h4-6,8,16H,7H2,1-3H3. The summed E-state index contributed by atoms with van der Waals surface area (Å²) < 4.78 is 16.1. The maximum Gasteiger partial charge on any atom is 0.147 e. The van der Waals surface area contributed by atoms with Crippen LogP contribution in [0.3, 0.4) is 0 Å². The molecule has 1 N–H and O–H groups in total. The van der Waals surface area contributed by atoms with Crippen LogP contribution < -0.4 is 5.32 Å². The van der Waals surface area contributed by atoms with Gasteiger partial charge in [0.25, 0.3) is 0 Å². The van der Waals surface area contributed by atoms with E-state index in [1.54, 1.807) is 16.8 Å². The molecule has 2 aromatic rings. The molecule has 0 bridgehead atoms. The zero-order chi connectivity index (χ0) is 14.0. The topological polar surface area (TPSA) is 42.7 Å². The highest BCUT2D eigenvalue weighted by atomic mass is 79.9. The molecule has 0 aliphatic rings. The average molecular weight is 327 g/mol. The zero-order valence-electron chi connectivity index (χ0n) is 11.1. The summed E-state index contributed by atoms with van der Waals surface area (Å²) in [5, 5.41) is 11.2. The maximum atomic E-state index is 13.6. The Kier molecular flexibility index (Phi) is 3.89. The van der Waals surface area contributed by atoms with Gasteiger partial charge in [0.05, 0.1) is 24.0 Å². The van der Waals surface area contributed by atoms with E-state index in [0.29, 0.717) is 16.7 Å². The van der Waals surface area contributed by atoms with Gasteiger partial charge in [-0.05, 0) is 48.8 Å². The summed E-state index contributed by atoms with van der Waals surface area (Å²) in [7, 11) is 0. The zero-order valence-corrected chi connectivity index (χ0v) is 12.7. The molecule has 4 nitrogen and oxygen atoms in total. The van der Waals surface area contributed by atoms with E-state index in [9.17, 15) is 4.39 Å². The van der Waals surface area contributed by atoms with Gasteiger partial charge in [-0.2, -0.15) is 0 Å². The molecule has 0 radical (unpaired) electrons. The van der Waals surface area contributed by atoms with Crippen LogP contribution in [0.2, 0.25) is 0 Å².